The van der Waals surface area contributed by atoms with Crippen LogP contribution in [0.5, 0.6) is 11.5 Å². The van der Waals surface area contributed by atoms with Crippen molar-refractivity contribution in [3.63, 3.8) is 0 Å². The SMILES string of the molecule is Cc1ccc(O)c(C2=NN3C(C2)c2ccccc2OC3(C)C)c1. The molecule has 2 aliphatic rings. The zero-order valence-corrected chi connectivity index (χ0v) is 13.6. The first-order chi connectivity index (χ1) is 11.0. The van der Waals surface area contributed by atoms with Crippen molar-refractivity contribution in [2.45, 2.75) is 39.0 Å². The molecular formula is C19H20N2O2. The Morgan fingerprint density at radius 1 is 1.22 bits per heavy atom. The van der Waals surface area contributed by atoms with Crippen LogP contribution in [0.15, 0.2) is 47.6 Å². The molecule has 0 aromatic heterocycles. The average molecular weight is 308 g/mol. The highest BCUT2D eigenvalue weighted by Gasteiger charge is 2.44. The molecule has 1 atom stereocenters. The van der Waals surface area contributed by atoms with Crippen LogP contribution in [0.25, 0.3) is 0 Å². The van der Waals surface area contributed by atoms with Crippen LogP contribution in [0.3, 0.4) is 0 Å². The summed E-state index contributed by atoms with van der Waals surface area (Å²) in [6.45, 7) is 6.07. The van der Waals surface area contributed by atoms with E-state index in [2.05, 4.69) is 6.07 Å². The summed E-state index contributed by atoms with van der Waals surface area (Å²) in [7, 11) is 0. The van der Waals surface area contributed by atoms with Gasteiger partial charge in [0.15, 0.2) is 5.72 Å². The maximum atomic E-state index is 10.2. The Bertz CT molecular complexity index is 811. The fourth-order valence-electron chi connectivity index (χ4n) is 3.46. The van der Waals surface area contributed by atoms with Crippen LogP contribution in [-0.4, -0.2) is 21.6 Å². The van der Waals surface area contributed by atoms with E-state index in [1.54, 1.807) is 6.07 Å². The standard InChI is InChI=1S/C19H20N2O2/c1-12-8-9-17(22)14(10-12)15-11-16-13-6-4-5-7-18(13)23-19(2,3)21(16)20-15/h4-10,16,22H,11H2,1-3H3. The molecule has 2 aliphatic heterocycles. The molecule has 0 saturated carbocycles. The minimum Gasteiger partial charge on any atom is -0.507 e. The topological polar surface area (TPSA) is 45.1 Å². The van der Waals surface area contributed by atoms with E-state index in [4.69, 9.17) is 9.84 Å². The fraction of sp³-hybridized carbons (Fsp3) is 0.316. The number of aromatic hydroxyl groups is 1. The molecule has 0 amide bonds. The second kappa shape index (κ2) is 4.75. The van der Waals surface area contributed by atoms with Crippen molar-refractivity contribution in [2.75, 3.05) is 0 Å². The number of aryl methyl sites for hydroxylation is 1. The number of ether oxygens (including phenoxy) is 1. The summed E-state index contributed by atoms with van der Waals surface area (Å²) in [5.74, 6) is 1.20. The van der Waals surface area contributed by atoms with Gasteiger partial charge >= 0.3 is 0 Å². The summed E-state index contributed by atoms with van der Waals surface area (Å²) < 4.78 is 6.13. The highest BCUT2D eigenvalue weighted by atomic mass is 16.5. The van der Waals surface area contributed by atoms with Gasteiger partial charge in [-0.25, -0.2) is 5.01 Å². The molecule has 118 valence electrons. The lowest BCUT2D eigenvalue weighted by Crippen LogP contribution is -2.48. The van der Waals surface area contributed by atoms with Crippen molar-refractivity contribution in [1.29, 1.82) is 0 Å². The number of fused-ring (bicyclic) bond motifs is 3. The molecular weight excluding hydrogens is 288 g/mol. The van der Waals surface area contributed by atoms with Gasteiger partial charge < -0.3 is 9.84 Å². The number of hydrazone groups is 1. The van der Waals surface area contributed by atoms with Gasteiger partial charge in [0.2, 0.25) is 0 Å². The molecule has 0 saturated heterocycles. The number of hydrogen-bond donors (Lipinski definition) is 1. The van der Waals surface area contributed by atoms with Gasteiger partial charge in [0, 0.05) is 17.5 Å². The van der Waals surface area contributed by atoms with Crippen molar-refractivity contribution in [2.24, 2.45) is 5.10 Å². The van der Waals surface area contributed by atoms with E-state index in [0.717, 1.165) is 34.6 Å². The largest absolute Gasteiger partial charge is 0.507 e. The van der Waals surface area contributed by atoms with Crippen LogP contribution >= 0.6 is 0 Å². The van der Waals surface area contributed by atoms with Gasteiger partial charge in [0.1, 0.15) is 11.5 Å². The van der Waals surface area contributed by atoms with E-state index >= 15 is 0 Å². The smallest absolute Gasteiger partial charge is 0.192 e. The predicted molar refractivity (Wildman–Crippen MR) is 89.7 cm³/mol. The van der Waals surface area contributed by atoms with Crippen molar-refractivity contribution in [1.82, 2.24) is 5.01 Å². The minimum atomic E-state index is -0.514. The van der Waals surface area contributed by atoms with Gasteiger partial charge in [-0.3, -0.25) is 0 Å². The minimum absolute atomic E-state index is 0.143. The molecule has 1 N–H and O–H groups in total. The van der Waals surface area contributed by atoms with E-state index < -0.39 is 5.72 Å². The Morgan fingerprint density at radius 3 is 2.83 bits per heavy atom. The molecule has 4 heteroatoms. The number of para-hydroxylation sites is 1. The summed E-state index contributed by atoms with van der Waals surface area (Å²) in [5, 5.41) is 17.0. The maximum Gasteiger partial charge on any atom is 0.192 e. The third kappa shape index (κ3) is 2.17. The first-order valence-electron chi connectivity index (χ1n) is 7.90. The Kier molecular flexibility index (Phi) is 2.92. The van der Waals surface area contributed by atoms with Crippen molar-refractivity contribution >= 4 is 5.71 Å². The number of nitrogens with zero attached hydrogens (tertiary/aromatic N) is 2. The van der Waals surface area contributed by atoms with E-state index in [1.165, 1.54) is 0 Å². The Labute approximate surface area is 136 Å². The van der Waals surface area contributed by atoms with Crippen molar-refractivity contribution in [3.8, 4) is 11.5 Å². The highest BCUT2D eigenvalue weighted by molar-refractivity contribution is 6.04. The van der Waals surface area contributed by atoms with E-state index in [9.17, 15) is 5.11 Å². The summed E-state index contributed by atoms with van der Waals surface area (Å²) in [6.07, 6.45) is 0.765. The highest BCUT2D eigenvalue weighted by Crippen LogP contribution is 2.46. The van der Waals surface area contributed by atoms with Crippen LogP contribution in [0.2, 0.25) is 0 Å². The first-order valence-corrected chi connectivity index (χ1v) is 7.90. The van der Waals surface area contributed by atoms with Crippen LogP contribution in [-0.2, 0) is 0 Å². The molecule has 0 aliphatic carbocycles. The normalized spacial score (nSPS) is 21.3. The fourth-order valence-corrected chi connectivity index (χ4v) is 3.46. The lowest BCUT2D eigenvalue weighted by atomic mass is 9.94. The van der Waals surface area contributed by atoms with Crippen LogP contribution in [0.4, 0.5) is 0 Å². The lowest BCUT2D eigenvalue weighted by molar-refractivity contribution is -0.0911. The summed E-state index contributed by atoms with van der Waals surface area (Å²) in [6, 6.07) is 13.9. The van der Waals surface area contributed by atoms with E-state index in [-0.39, 0.29) is 11.8 Å². The van der Waals surface area contributed by atoms with Gasteiger partial charge in [0.25, 0.3) is 0 Å². The van der Waals surface area contributed by atoms with Crippen LogP contribution in [0, 0.1) is 6.92 Å². The van der Waals surface area contributed by atoms with Crippen LogP contribution in [0.1, 0.15) is 43.0 Å². The van der Waals surface area contributed by atoms with Gasteiger partial charge in [-0.1, -0.05) is 29.8 Å². The second-order valence-electron chi connectivity index (χ2n) is 6.72. The lowest BCUT2D eigenvalue weighted by Gasteiger charge is -2.43. The number of benzene rings is 2. The first kappa shape index (κ1) is 14.1. The number of phenolic OH excluding ortho intramolecular Hbond substituents is 1. The number of rotatable bonds is 1. The molecule has 2 heterocycles. The molecule has 23 heavy (non-hydrogen) atoms. The molecule has 4 nitrogen and oxygen atoms in total. The molecule has 0 radical (unpaired) electrons. The number of phenols is 1. The van der Waals surface area contributed by atoms with Crippen LogP contribution < -0.4 is 4.74 Å². The zero-order chi connectivity index (χ0) is 16.2. The molecule has 0 fully saturated rings. The zero-order valence-electron chi connectivity index (χ0n) is 13.6. The molecule has 0 bridgehead atoms. The third-order valence-corrected chi connectivity index (χ3v) is 4.56. The van der Waals surface area contributed by atoms with Gasteiger partial charge in [-0.2, -0.15) is 5.10 Å². The average Bonchev–Trinajstić information content (AvgIpc) is 2.96. The maximum absolute atomic E-state index is 10.2. The van der Waals surface area contributed by atoms with Crippen molar-refractivity contribution < 1.29 is 9.84 Å². The van der Waals surface area contributed by atoms with Gasteiger partial charge in [-0.15, -0.1) is 0 Å². The monoisotopic (exact) mass is 308 g/mol. The Balaban J connectivity index is 1.80. The molecule has 2 aromatic rings. The second-order valence-corrected chi connectivity index (χ2v) is 6.72. The summed E-state index contributed by atoms with van der Waals surface area (Å²) in [4.78, 5) is 0. The Morgan fingerprint density at radius 2 is 2.00 bits per heavy atom. The quantitative estimate of drug-likeness (QED) is 0.866. The third-order valence-electron chi connectivity index (χ3n) is 4.56. The van der Waals surface area contributed by atoms with E-state index in [0.29, 0.717) is 0 Å². The summed E-state index contributed by atoms with van der Waals surface area (Å²) in [5.41, 5.74) is 3.47. The molecule has 2 aromatic carbocycles. The van der Waals surface area contributed by atoms with Gasteiger partial charge in [0.05, 0.1) is 11.8 Å². The molecule has 0 spiro atoms. The Hall–Kier alpha value is -2.49. The summed E-state index contributed by atoms with van der Waals surface area (Å²) >= 11 is 0. The molecule has 1 unspecified atom stereocenters. The number of hydrogen-bond acceptors (Lipinski definition) is 4. The van der Waals surface area contributed by atoms with E-state index in [1.807, 2.05) is 56.1 Å². The van der Waals surface area contributed by atoms with Gasteiger partial charge in [-0.05, 0) is 39.0 Å². The molecule has 4 rings (SSSR count). The predicted octanol–water partition coefficient (Wildman–Crippen LogP) is 3.98. The van der Waals surface area contributed by atoms with Crippen molar-refractivity contribution in [3.05, 3.63) is 59.2 Å².